The van der Waals surface area contributed by atoms with Gasteiger partial charge in [0.25, 0.3) is 0 Å². The second kappa shape index (κ2) is 7.23. The third-order valence-corrected chi connectivity index (χ3v) is 4.88. The lowest BCUT2D eigenvalue weighted by Crippen LogP contribution is -2.35. The van der Waals surface area contributed by atoms with Crippen LogP contribution >= 0.6 is 0 Å². The van der Waals surface area contributed by atoms with Gasteiger partial charge in [0.2, 0.25) is 0 Å². The summed E-state index contributed by atoms with van der Waals surface area (Å²) in [6.45, 7) is 7.17. The van der Waals surface area contributed by atoms with Crippen molar-refractivity contribution in [2.45, 2.75) is 64.2 Å². The molecule has 0 amide bonds. The Morgan fingerprint density at radius 3 is 2.46 bits per heavy atom. The Bertz CT molecular complexity index is 774. The van der Waals surface area contributed by atoms with E-state index in [0.717, 1.165) is 11.3 Å². The zero-order valence-corrected chi connectivity index (χ0v) is 15.5. The first-order chi connectivity index (χ1) is 12.3. The summed E-state index contributed by atoms with van der Waals surface area (Å²) >= 11 is 0. The minimum absolute atomic E-state index is 0.0439. The predicted molar refractivity (Wildman–Crippen MR) is 98.3 cm³/mol. The second-order valence-corrected chi connectivity index (χ2v) is 7.95. The highest BCUT2D eigenvalue weighted by Crippen LogP contribution is 2.31. The van der Waals surface area contributed by atoms with E-state index in [1.54, 1.807) is 12.1 Å². The van der Waals surface area contributed by atoms with E-state index in [0.29, 0.717) is 25.8 Å². The highest BCUT2D eigenvalue weighted by Gasteiger charge is 2.29. The molecule has 2 aromatic rings. The van der Waals surface area contributed by atoms with E-state index in [4.69, 9.17) is 4.74 Å². The lowest BCUT2D eigenvalue weighted by molar-refractivity contribution is -0.167. The van der Waals surface area contributed by atoms with Gasteiger partial charge in [-0.1, -0.05) is 20.8 Å². The molecule has 1 aliphatic heterocycles. The van der Waals surface area contributed by atoms with Crippen molar-refractivity contribution < 1.29 is 19.0 Å². The molecule has 5 heteroatoms. The number of benzene rings is 1. The summed E-state index contributed by atoms with van der Waals surface area (Å²) in [5.74, 6) is -0.779. The molecule has 2 atom stereocenters. The maximum atomic E-state index is 13.3. The third kappa shape index (κ3) is 3.98. The normalized spacial score (nSPS) is 20.9. The Hall–Kier alpha value is -2.14. The molecular weight excluding hydrogens is 333 g/mol. The molecule has 0 saturated carbocycles. The van der Waals surface area contributed by atoms with Gasteiger partial charge in [0.15, 0.2) is 6.10 Å². The number of nitrogens with zero attached hydrogens (tertiary/aromatic N) is 1. The van der Waals surface area contributed by atoms with Crippen LogP contribution < -0.4 is 0 Å². The average Bonchev–Trinajstić information content (AvgIpc) is 3.01. The van der Waals surface area contributed by atoms with Crippen molar-refractivity contribution in [3.63, 3.8) is 0 Å². The van der Waals surface area contributed by atoms with Gasteiger partial charge in [-0.25, -0.2) is 9.18 Å². The second-order valence-electron chi connectivity index (χ2n) is 7.95. The van der Waals surface area contributed by atoms with Crippen LogP contribution in [0.4, 0.5) is 4.39 Å². The van der Waals surface area contributed by atoms with Gasteiger partial charge in [-0.2, -0.15) is 0 Å². The molecule has 3 rings (SSSR count). The van der Waals surface area contributed by atoms with Crippen molar-refractivity contribution in [2.24, 2.45) is 0 Å². The standard InChI is InChI=1S/C21H26FNO3/c1-21(2,3)19-11-9-17(14-4-6-15(22)7-5-14)23(19)13-12-16-8-10-18(24)20(25)26-16/h4-7,9,11,16,18,24H,8,10,12-13H2,1-3H3/t16-,18+/m0/s1. The summed E-state index contributed by atoms with van der Waals surface area (Å²) in [5, 5.41) is 9.50. The smallest absolute Gasteiger partial charge is 0.335 e. The number of aromatic nitrogens is 1. The molecule has 1 aromatic heterocycles. The zero-order chi connectivity index (χ0) is 18.9. The number of carbonyl (C=O) groups is 1. The van der Waals surface area contributed by atoms with Crippen LogP contribution in [0.25, 0.3) is 11.3 Å². The lowest BCUT2D eigenvalue weighted by Gasteiger charge is -2.28. The number of hydrogen-bond acceptors (Lipinski definition) is 3. The van der Waals surface area contributed by atoms with Gasteiger partial charge in [-0.05, 0) is 54.8 Å². The Morgan fingerprint density at radius 1 is 1.15 bits per heavy atom. The summed E-state index contributed by atoms with van der Waals surface area (Å²) in [5.41, 5.74) is 3.12. The molecule has 1 aromatic carbocycles. The van der Waals surface area contributed by atoms with E-state index in [2.05, 4.69) is 37.5 Å². The number of carbonyl (C=O) groups excluding carboxylic acids is 1. The highest BCUT2D eigenvalue weighted by molar-refractivity contribution is 5.75. The molecule has 1 fully saturated rings. The van der Waals surface area contributed by atoms with Crippen LogP contribution in [0.15, 0.2) is 36.4 Å². The van der Waals surface area contributed by atoms with Crippen LogP contribution in [0.1, 0.15) is 45.7 Å². The fourth-order valence-electron chi connectivity index (χ4n) is 3.48. The van der Waals surface area contributed by atoms with E-state index in [1.165, 1.54) is 17.8 Å². The minimum Gasteiger partial charge on any atom is -0.460 e. The molecule has 4 nitrogen and oxygen atoms in total. The molecule has 26 heavy (non-hydrogen) atoms. The summed E-state index contributed by atoms with van der Waals surface area (Å²) in [7, 11) is 0. The number of aliphatic hydroxyl groups excluding tert-OH is 1. The molecule has 0 bridgehead atoms. The first-order valence-electron chi connectivity index (χ1n) is 9.10. The Labute approximate surface area is 153 Å². The van der Waals surface area contributed by atoms with Gasteiger partial charge in [0, 0.05) is 29.8 Å². The first kappa shape index (κ1) is 18.6. The fourth-order valence-corrected chi connectivity index (χ4v) is 3.48. The summed E-state index contributed by atoms with van der Waals surface area (Å²) < 4.78 is 20.8. The molecule has 0 aliphatic carbocycles. The van der Waals surface area contributed by atoms with Gasteiger partial charge in [-0.15, -0.1) is 0 Å². The highest BCUT2D eigenvalue weighted by atomic mass is 19.1. The molecular formula is C21H26FNO3. The number of cyclic esters (lactones) is 1. The number of esters is 1. The van der Waals surface area contributed by atoms with Crippen molar-refractivity contribution in [1.82, 2.24) is 4.57 Å². The SMILES string of the molecule is CC(C)(C)c1ccc(-c2ccc(F)cc2)n1CC[C@@H]1CC[C@@H](O)C(=O)O1. The molecule has 2 heterocycles. The maximum absolute atomic E-state index is 13.3. The van der Waals surface area contributed by atoms with Crippen LogP contribution in [0.2, 0.25) is 0 Å². The summed E-state index contributed by atoms with van der Waals surface area (Å²) in [6.07, 6.45) is 0.640. The van der Waals surface area contributed by atoms with Crippen LogP contribution in [0.5, 0.6) is 0 Å². The van der Waals surface area contributed by atoms with E-state index in [9.17, 15) is 14.3 Å². The maximum Gasteiger partial charge on any atom is 0.335 e. The van der Waals surface area contributed by atoms with Crippen molar-refractivity contribution in [3.8, 4) is 11.3 Å². The molecule has 0 spiro atoms. The van der Waals surface area contributed by atoms with Crippen molar-refractivity contribution in [2.75, 3.05) is 0 Å². The van der Waals surface area contributed by atoms with Gasteiger partial charge in [0.05, 0.1) is 0 Å². The first-order valence-corrected chi connectivity index (χ1v) is 9.10. The topological polar surface area (TPSA) is 51.5 Å². The molecule has 1 N–H and O–H groups in total. The van der Waals surface area contributed by atoms with E-state index in [-0.39, 0.29) is 17.3 Å². The largest absolute Gasteiger partial charge is 0.460 e. The van der Waals surface area contributed by atoms with Crippen molar-refractivity contribution in [1.29, 1.82) is 0 Å². The van der Waals surface area contributed by atoms with Crippen LogP contribution in [0.3, 0.4) is 0 Å². The van der Waals surface area contributed by atoms with Crippen molar-refractivity contribution in [3.05, 3.63) is 47.9 Å². The number of rotatable bonds is 4. The predicted octanol–water partition coefficient (Wildman–Crippen LogP) is 4.05. The Kier molecular flexibility index (Phi) is 5.19. The zero-order valence-electron chi connectivity index (χ0n) is 15.5. The van der Waals surface area contributed by atoms with Gasteiger partial charge in [-0.3, -0.25) is 0 Å². The lowest BCUT2D eigenvalue weighted by atomic mass is 9.92. The molecule has 1 aliphatic rings. The monoisotopic (exact) mass is 359 g/mol. The molecule has 0 radical (unpaired) electrons. The molecule has 0 unspecified atom stereocenters. The number of halogens is 1. The average molecular weight is 359 g/mol. The Balaban J connectivity index is 1.85. The number of ether oxygens (including phenoxy) is 1. The van der Waals surface area contributed by atoms with Crippen LogP contribution in [-0.2, 0) is 21.5 Å². The number of hydrogen-bond donors (Lipinski definition) is 1. The third-order valence-electron chi connectivity index (χ3n) is 4.88. The number of aliphatic hydroxyl groups is 1. The van der Waals surface area contributed by atoms with Gasteiger partial charge in [0.1, 0.15) is 11.9 Å². The van der Waals surface area contributed by atoms with E-state index >= 15 is 0 Å². The molecule has 140 valence electrons. The van der Waals surface area contributed by atoms with Crippen molar-refractivity contribution >= 4 is 5.97 Å². The van der Waals surface area contributed by atoms with E-state index < -0.39 is 12.1 Å². The van der Waals surface area contributed by atoms with E-state index in [1.807, 2.05) is 0 Å². The molecule has 1 saturated heterocycles. The quantitative estimate of drug-likeness (QED) is 0.838. The van der Waals surface area contributed by atoms with Gasteiger partial charge >= 0.3 is 5.97 Å². The van der Waals surface area contributed by atoms with Gasteiger partial charge < -0.3 is 14.4 Å². The minimum atomic E-state index is -0.988. The summed E-state index contributed by atoms with van der Waals surface area (Å²) in [6, 6.07) is 10.7. The summed E-state index contributed by atoms with van der Waals surface area (Å²) in [4.78, 5) is 11.6. The van der Waals surface area contributed by atoms with Crippen LogP contribution in [0, 0.1) is 5.82 Å². The Morgan fingerprint density at radius 2 is 1.85 bits per heavy atom. The fraction of sp³-hybridized carbons (Fsp3) is 0.476. The van der Waals surface area contributed by atoms with Crippen LogP contribution in [-0.4, -0.2) is 27.9 Å².